The second-order valence-electron chi connectivity index (χ2n) is 7.02. The van der Waals surface area contributed by atoms with Gasteiger partial charge in [0.1, 0.15) is 11.9 Å². The Morgan fingerprint density at radius 2 is 2.03 bits per heavy atom. The number of halogens is 1. The van der Waals surface area contributed by atoms with Gasteiger partial charge in [-0.2, -0.15) is 0 Å². The standard InChI is InChI=1S/C19H19ClN4O5S2/c1-31(27,28)24-9-8-21-17(24)12-2-4-13(5-3-12)23-11-14(29-19(23)26)10-22-18(25)15-6-7-16(20)30-15/h2-7,14H,8-11H2,1H3,(H,22,25)/t14-/m0/s1. The van der Waals surface area contributed by atoms with Crippen molar-refractivity contribution in [2.45, 2.75) is 6.10 Å². The number of carbonyl (C=O) groups excluding carboxylic acids is 2. The normalized spacial score (nSPS) is 18.8. The molecule has 1 saturated heterocycles. The van der Waals surface area contributed by atoms with Crippen LogP contribution in [0.15, 0.2) is 41.4 Å². The minimum atomic E-state index is -3.40. The van der Waals surface area contributed by atoms with Crippen LogP contribution in [0.25, 0.3) is 0 Å². The summed E-state index contributed by atoms with van der Waals surface area (Å²) in [7, 11) is -3.40. The van der Waals surface area contributed by atoms with Crippen molar-refractivity contribution < 1.29 is 22.7 Å². The van der Waals surface area contributed by atoms with E-state index >= 15 is 0 Å². The molecule has 12 heteroatoms. The van der Waals surface area contributed by atoms with Crippen LogP contribution < -0.4 is 10.2 Å². The van der Waals surface area contributed by atoms with Gasteiger partial charge in [-0.3, -0.25) is 19.0 Å². The summed E-state index contributed by atoms with van der Waals surface area (Å²) < 4.78 is 31.0. The molecule has 2 amide bonds. The maximum absolute atomic E-state index is 12.3. The van der Waals surface area contributed by atoms with Crippen molar-refractivity contribution in [3.63, 3.8) is 0 Å². The fourth-order valence-corrected chi connectivity index (χ4v) is 5.20. The summed E-state index contributed by atoms with van der Waals surface area (Å²) in [5.74, 6) is 0.121. The van der Waals surface area contributed by atoms with E-state index in [9.17, 15) is 18.0 Å². The number of hydrogen-bond acceptors (Lipinski definition) is 7. The number of anilines is 1. The van der Waals surface area contributed by atoms with Crippen molar-refractivity contribution in [1.82, 2.24) is 9.62 Å². The van der Waals surface area contributed by atoms with Crippen LogP contribution in [0, 0.1) is 0 Å². The molecule has 4 rings (SSSR count). The number of nitrogens with zero attached hydrogens (tertiary/aromatic N) is 3. The first-order valence-electron chi connectivity index (χ1n) is 9.36. The lowest BCUT2D eigenvalue weighted by Gasteiger charge is -2.18. The van der Waals surface area contributed by atoms with Gasteiger partial charge in [0.25, 0.3) is 5.91 Å². The lowest BCUT2D eigenvalue weighted by Crippen LogP contribution is -2.34. The summed E-state index contributed by atoms with van der Waals surface area (Å²) in [4.78, 5) is 30.7. The van der Waals surface area contributed by atoms with E-state index in [1.165, 1.54) is 20.5 Å². The number of carbonyl (C=O) groups is 2. The van der Waals surface area contributed by atoms with E-state index in [1.54, 1.807) is 36.4 Å². The molecule has 1 N–H and O–H groups in total. The van der Waals surface area contributed by atoms with Gasteiger partial charge in [-0.25, -0.2) is 13.2 Å². The molecule has 31 heavy (non-hydrogen) atoms. The number of thiophene rings is 1. The van der Waals surface area contributed by atoms with Gasteiger partial charge in [-0.15, -0.1) is 11.3 Å². The van der Waals surface area contributed by atoms with Crippen molar-refractivity contribution in [2.24, 2.45) is 4.99 Å². The van der Waals surface area contributed by atoms with Crippen molar-refractivity contribution in [2.75, 3.05) is 37.3 Å². The number of nitrogens with one attached hydrogen (secondary N) is 1. The molecule has 2 aromatic rings. The molecule has 0 spiro atoms. The highest BCUT2D eigenvalue weighted by atomic mass is 35.5. The number of cyclic esters (lactones) is 1. The number of ether oxygens (including phenoxy) is 1. The summed E-state index contributed by atoms with van der Waals surface area (Å²) >= 11 is 7.02. The van der Waals surface area contributed by atoms with Crippen LogP contribution >= 0.6 is 22.9 Å². The van der Waals surface area contributed by atoms with E-state index < -0.39 is 22.2 Å². The molecule has 1 aromatic heterocycles. The number of amides is 2. The van der Waals surface area contributed by atoms with Crippen LogP contribution in [-0.4, -0.2) is 69.1 Å². The number of sulfonamides is 1. The van der Waals surface area contributed by atoms with Gasteiger partial charge in [0.05, 0.1) is 41.6 Å². The molecule has 9 nitrogen and oxygen atoms in total. The number of hydrogen-bond donors (Lipinski definition) is 1. The highest BCUT2D eigenvalue weighted by Crippen LogP contribution is 2.24. The predicted molar refractivity (Wildman–Crippen MR) is 119 cm³/mol. The van der Waals surface area contributed by atoms with Gasteiger partial charge in [-0.1, -0.05) is 11.6 Å². The third kappa shape index (κ3) is 4.68. The molecule has 0 saturated carbocycles. The molecule has 2 aliphatic heterocycles. The number of aliphatic imine (C=N–C) groups is 1. The maximum atomic E-state index is 12.3. The molecule has 3 heterocycles. The molecule has 0 bridgehead atoms. The summed E-state index contributed by atoms with van der Waals surface area (Å²) in [6, 6.07) is 10.2. The zero-order valence-electron chi connectivity index (χ0n) is 16.4. The minimum Gasteiger partial charge on any atom is -0.442 e. The third-order valence-corrected chi connectivity index (χ3v) is 7.19. The first-order chi connectivity index (χ1) is 14.7. The molecule has 164 valence electrons. The number of benzene rings is 1. The van der Waals surface area contributed by atoms with Crippen LogP contribution in [0.4, 0.5) is 10.5 Å². The molecular formula is C19H19ClN4O5S2. The Morgan fingerprint density at radius 1 is 1.29 bits per heavy atom. The Morgan fingerprint density at radius 3 is 2.68 bits per heavy atom. The van der Waals surface area contributed by atoms with E-state index in [0.29, 0.717) is 39.4 Å². The Balaban J connectivity index is 1.39. The molecule has 0 unspecified atom stereocenters. The summed E-state index contributed by atoms with van der Waals surface area (Å²) in [6.07, 6.45) is 0.141. The SMILES string of the molecule is CS(=O)(=O)N1CCN=C1c1ccc(N2C[C@H](CNC(=O)c3ccc(Cl)s3)OC2=O)cc1. The maximum Gasteiger partial charge on any atom is 0.414 e. The van der Waals surface area contributed by atoms with E-state index in [1.807, 2.05) is 0 Å². The van der Waals surface area contributed by atoms with Crippen LogP contribution in [0.1, 0.15) is 15.2 Å². The third-order valence-electron chi connectivity index (χ3n) is 4.80. The molecule has 2 aliphatic rings. The second-order valence-corrected chi connectivity index (χ2v) is 10.6. The van der Waals surface area contributed by atoms with Gasteiger partial charge in [0.2, 0.25) is 10.0 Å². The van der Waals surface area contributed by atoms with Crippen LogP contribution in [0.5, 0.6) is 0 Å². The monoisotopic (exact) mass is 482 g/mol. The van der Waals surface area contributed by atoms with E-state index in [2.05, 4.69) is 10.3 Å². The second kappa shape index (κ2) is 8.48. The predicted octanol–water partition coefficient (Wildman–Crippen LogP) is 2.18. The van der Waals surface area contributed by atoms with Crippen molar-refractivity contribution in [3.05, 3.63) is 51.2 Å². The highest BCUT2D eigenvalue weighted by Gasteiger charge is 2.33. The van der Waals surface area contributed by atoms with Gasteiger partial charge in [0.15, 0.2) is 0 Å². The fourth-order valence-electron chi connectivity index (χ4n) is 3.35. The Hall–Kier alpha value is -2.63. The van der Waals surface area contributed by atoms with E-state index in [0.717, 1.165) is 6.26 Å². The first kappa shape index (κ1) is 21.6. The molecular weight excluding hydrogens is 464 g/mol. The summed E-state index contributed by atoms with van der Waals surface area (Å²) in [5, 5.41) is 2.74. The Labute approximate surface area is 188 Å². The topological polar surface area (TPSA) is 108 Å². The average Bonchev–Trinajstić information content (AvgIpc) is 3.45. The molecule has 0 aliphatic carbocycles. The van der Waals surface area contributed by atoms with Crippen molar-refractivity contribution in [3.8, 4) is 0 Å². The van der Waals surface area contributed by atoms with Gasteiger partial charge in [-0.05, 0) is 36.4 Å². The lowest BCUT2D eigenvalue weighted by molar-refractivity contribution is 0.0920. The Bertz CT molecular complexity index is 1150. The zero-order chi connectivity index (χ0) is 22.2. The van der Waals surface area contributed by atoms with Crippen LogP contribution in [-0.2, 0) is 14.8 Å². The highest BCUT2D eigenvalue weighted by molar-refractivity contribution is 7.88. The van der Waals surface area contributed by atoms with Gasteiger partial charge in [0, 0.05) is 11.3 Å². The molecule has 1 atom stereocenters. The van der Waals surface area contributed by atoms with Crippen LogP contribution in [0.2, 0.25) is 4.34 Å². The molecule has 1 aromatic carbocycles. The quantitative estimate of drug-likeness (QED) is 0.678. The van der Waals surface area contributed by atoms with Gasteiger partial charge < -0.3 is 10.1 Å². The Kier molecular flexibility index (Phi) is 5.91. The number of rotatable bonds is 6. The van der Waals surface area contributed by atoms with Gasteiger partial charge >= 0.3 is 6.09 Å². The van der Waals surface area contributed by atoms with E-state index in [-0.39, 0.29) is 19.0 Å². The van der Waals surface area contributed by atoms with Crippen molar-refractivity contribution >= 4 is 56.5 Å². The summed E-state index contributed by atoms with van der Waals surface area (Å²) in [6.45, 7) is 1.18. The molecule has 0 radical (unpaired) electrons. The fraction of sp³-hybridized carbons (Fsp3) is 0.316. The van der Waals surface area contributed by atoms with Crippen LogP contribution in [0.3, 0.4) is 0 Å². The first-order valence-corrected chi connectivity index (χ1v) is 12.4. The minimum absolute atomic E-state index is 0.175. The smallest absolute Gasteiger partial charge is 0.414 e. The van der Waals surface area contributed by atoms with Crippen molar-refractivity contribution in [1.29, 1.82) is 0 Å². The average molecular weight is 483 g/mol. The van der Waals surface area contributed by atoms with E-state index in [4.69, 9.17) is 16.3 Å². The summed E-state index contributed by atoms with van der Waals surface area (Å²) in [5.41, 5.74) is 1.26. The largest absolute Gasteiger partial charge is 0.442 e. The number of amidine groups is 1. The lowest BCUT2D eigenvalue weighted by atomic mass is 10.1. The zero-order valence-corrected chi connectivity index (χ0v) is 18.8. The molecule has 1 fully saturated rings.